The SMILES string of the molecule is COC(=O)C1CCC2CCCC1N2C. The van der Waals surface area contributed by atoms with Crippen molar-refractivity contribution in [1.29, 1.82) is 0 Å². The molecule has 2 rings (SSSR count). The number of hydrogen-bond acceptors (Lipinski definition) is 3. The number of piperidine rings is 2. The minimum atomic E-state index is -0.0119. The number of hydrogen-bond donors (Lipinski definition) is 0. The van der Waals surface area contributed by atoms with Gasteiger partial charge in [-0.2, -0.15) is 0 Å². The quantitative estimate of drug-likeness (QED) is 0.595. The molecule has 0 amide bonds. The van der Waals surface area contributed by atoms with Gasteiger partial charge in [0.25, 0.3) is 0 Å². The van der Waals surface area contributed by atoms with Crippen molar-refractivity contribution in [2.75, 3.05) is 14.2 Å². The van der Waals surface area contributed by atoms with Crippen LogP contribution in [0, 0.1) is 5.92 Å². The summed E-state index contributed by atoms with van der Waals surface area (Å²) in [4.78, 5) is 14.0. The zero-order chi connectivity index (χ0) is 10.1. The van der Waals surface area contributed by atoms with Gasteiger partial charge in [-0.3, -0.25) is 9.69 Å². The maximum atomic E-state index is 11.6. The number of nitrogens with zero attached hydrogens (tertiary/aromatic N) is 1. The van der Waals surface area contributed by atoms with E-state index in [4.69, 9.17) is 4.74 Å². The fourth-order valence-electron chi connectivity index (χ4n) is 3.06. The third kappa shape index (κ3) is 1.54. The Morgan fingerprint density at radius 2 is 2.07 bits per heavy atom. The van der Waals surface area contributed by atoms with E-state index in [0.29, 0.717) is 6.04 Å². The van der Waals surface area contributed by atoms with E-state index < -0.39 is 0 Å². The predicted octanol–water partition coefficient (Wildman–Crippen LogP) is 1.42. The van der Waals surface area contributed by atoms with E-state index in [2.05, 4.69) is 11.9 Å². The summed E-state index contributed by atoms with van der Waals surface area (Å²) in [6, 6.07) is 1.16. The summed E-state index contributed by atoms with van der Waals surface area (Å²) in [7, 11) is 3.65. The molecule has 3 nitrogen and oxygen atoms in total. The Labute approximate surface area is 85.4 Å². The van der Waals surface area contributed by atoms with E-state index >= 15 is 0 Å². The van der Waals surface area contributed by atoms with Crippen LogP contribution in [0.25, 0.3) is 0 Å². The van der Waals surface area contributed by atoms with Crippen molar-refractivity contribution in [2.45, 2.75) is 44.2 Å². The molecule has 2 saturated heterocycles. The topological polar surface area (TPSA) is 29.5 Å². The molecule has 3 unspecified atom stereocenters. The highest BCUT2D eigenvalue weighted by atomic mass is 16.5. The van der Waals surface area contributed by atoms with E-state index in [1.807, 2.05) is 0 Å². The van der Waals surface area contributed by atoms with Crippen molar-refractivity contribution in [2.24, 2.45) is 5.92 Å². The summed E-state index contributed by atoms with van der Waals surface area (Å²) in [5.41, 5.74) is 0. The van der Waals surface area contributed by atoms with Gasteiger partial charge in [0, 0.05) is 12.1 Å². The number of ether oxygens (including phenoxy) is 1. The van der Waals surface area contributed by atoms with Gasteiger partial charge in [0.05, 0.1) is 13.0 Å². The lowest BCUT2D eigenvalue weighted by molar-refractivity contribution is -0.151. The second-order valence-electron chi connectivity index (χ2n) is 4.52. The van der Waals surface area contributed by atoms with Gasteiger partial charge >= 0.3 is 5.97 Å². The average Bonchev–Trinajstić information content (AvgIpc) is 2.17. The second kappa shape index (κ2) is 3.89. The standard InChI is InChI=1S/C11H19NO2/c1-12-8-4-3-5-10(12)9(7-6-8)11(13)14-2/h8-10H,3-7H2,1-2H3. The Hall–Kier alpha value is -0.570. The lowest BCUT2D eigenvalue weighted by Crippen LogP contribution is -2.53. The van der Waals surface area contributed by atoms with Crippen LogP contribution in [0.1, 0.15) is 32.1 Å². The van der Waals surface area contributed by atoms with Crippen LogP contribution >= 0.6 is 0 Å². The summed E-state index contributed by atoms with van der Waals surface area (Å²) in [6.45, 7) is 0. The molecule has 2 fully saturated rings. The highest BCUT2D eigenvalue weighted by Gasteiger charge is 2.41. The van der Waals surface area contributed by atoms with Crippen molar-refractivity contribution in [3.05, 3.63) is 0 Å². The molecule has 0 aromatic rings. The van der Waals surface area contributed by atoms with E-state index in [-0.39, 0.29) is 11.9 Å². The van der Waals surface area contributed by atoms with E-state index in [1.165, 1.54) is 20.0 Å². The van der Waals surface area contributed by atoms with Crippen molar-refractivity contribution < 1.29 is 9.53 Å². The molecule has 0 aromatic heterocycles. The van der Waals surface area contributed by atoms with Crippen molar-refractivity contribution >= 4 is 5.97 Å². The zero-order valence-corrected chi connectivity index (χ0v) is 9.03. The van der Waals surface area contributed by atoms with Gasteiger partial charge in [0.1, 0.15) is 0 Å². The van der Waals surface area contributed by atoms with Gasteiger partial charge in [-0.25, -0.2) is 0 Å². The third-order valence-electron chi connectivity index (χ3n) is 3.92. The number of methoxy groups -OCH3 is 1. The van der Waals surface area contributed by atoms with Crippen molar-refractivity contribution in [3.63, 3.8) is 0 Å². The molecule has 0 radical (unpaired) electrons. The van der Waals surface area contributed by atoms with Crippen LogP contribution in [0.4, 0.5) is 0 Å². The molecule has 14 heavy (non-hydrogen) atoms. The third-order valence-corrected chi connectivity index (χ3v) is 3.92. The number of carbonyl (C=O) groups excluding carboxylic acids is 1. The molecule has 2 aliphatic heterocycles. The molecule has 80 valence electrons. The smallest absolute Gasteiger partial charge is 0.310 e. The normalized spacial score (nSPS) is 38.0. The molecule has 3 atom stereocenters. The molecule has 3 heteroatoms. The molecular weight excluding hydrogens is 178 g/mol. The van der Waals surface area contributed by atoms with Crippen LogP contribution < -0.4 is 0 Å². The lowest BCUT2D eigenvalue weighted by atomic mass is 9.78. The minimum absolute atomic E-state index is 0.0119. The van der Waals surface area contributed by atoms with Gasteiger partial charge in [-0.15, -0.1) is 0 Å². The van der Waals surface area contributed by atoms with E-state index in [1.54, 1.807) is 0 Å². The maximum Gasteiger partial charge on any atom is 0.310 e. The van der Waals surface area contributed by atoms with Gasteiger partial charge in [0.15, 0.2) is 0 Å². The summed E-state index contributed by atoms with van der Waals surface area (Å²) >= 11 is 0. The van der Waals surface area contributed by atoms with Crippen molar-refractivity contribution in [3.8, 4) is 0 Å². The molecule has 0 N–H and O–H groups in total. The molecule has 2 bridgehead atoms. The number of carbonyl (C=O) groups is 1. The molecule has 0 saturated carbocycles. The lowest BCUT2D eigenvalue weighted by Gasteiger charge is -2.47. The van der Waals surface area contributed by atoms with Crippen molar-refractivity contribution in [1.82, 2.24) is 4.90 Å². The summed E-state index contributed by atoms with van der Waals surface area (Å²) < 4.78 is 4.86. The van der Waals surface area contributed by atoms with E-state index in [9.17, 15) is 4.79 Å². The first-order valence-corrected chi connectivity index (χ1v) is 5.54. The Morgan fingerprint density at radius 3 is 2.79 bits per heavy atom. The van der Waals surface area contributed by atoms with Gasteiger partial charge < -0.3 is 4.74 Å². The maximum absolute atomic E-state index is 11.6. The fraction of sp³-hybridized carbons (Fsp3) is 0.909. The Balaban J connectivity index is 2.10. The Bertz CT molecular complexity index is 229. The Kier molecular flexibility index (Phi) is 2.77. The van der Waals surface area contributed by atoms with Crippen LogP contribution in [0.15, 0.2) is 0 Å². The van der Waals surface area contributed by atoms with Crippen LogP contribution in [-0.2, 0) is 9.53 Å². The van der Waals surface area contributed by atoms with Gasteiger partial charge in [-0.05, 0) is 32.7 Å². The first-order chi connectivity index (χ1) is 6.74. The second-order valence-corrected chi connectivity index (χ2v) is 4.52. The molecular formula is C11H19NO2. The average molecular weight is 197 g/mol. The van der Waals surface area contributed by atoms with Gasteiger partial charge in [-0.1, -0.05) is 6.42 Å². The molecule has 0 aliphatic carbocycles. The predicted molar refractivity (Wildman–Crippen MR) is 53.9 cm³/mol. The zero-order valence-electron chi connectivity index (χ0n) is 9.03. The fourth-order valence-corrected chi connectivity index (χ4v) is 3.06. The highest BCUT2D eigenvalue weighted by molar-refractivity contribution is 5.73. The molecule has 0 aromatic carbocycles. The minimum Gasteiger partial charge on any atom is -0.469 e. The molecule has 2 aliphatic rings. The van der Waals surface area contributed by atoms with Gasteiger partial charge in [0.2, 0.25) is 0 Å². The Morgan fingerprint density at radius 1 is 1.29 bits per heavy atom. The highest BCUT2D eigenvalue weighted by Crippen LogP contribution is 2.36. The summed E-state index contributed by atoms with van der Waals surface area (Å²) in [5.74, 6) is 0.115. The number of fused-ring (bicyclic) bond motifs is 2. The van der Waals surface area contributed by atoms with E-state index in [0.717, 1.165) is 25.3 Å². The number of esters is 1. The largest absolute Gasteiger partial charge is 0.469 e. The van der Waals surface area contributed by atoms with Crippen LogP contribution in [0.3, 0.4) is 0 Å². The monoisotopic (exact) mass is 197 g/mol. The summed E-state index contributed by atoms with van der Waals surface area (Å²) in [5, 5.41) is 0. The first-order valence-electron chi connectivity index (χ1n) is 5.54. The molecule has 0 spiro atoms. The van der Waals surface area contributed by atoms with Crippen LogP contribution in [0.2, 0.25) is 0 Å². The van der Waals surface area contributed by atoms with Crippen LogP contribution in [0.5, 0.6) is 0 Å². The number of rotatable bonds is 1. The summed E-state index contributed by atoms with van der Waals surface area (Å²) in [6.07, 6.45) is 5.92. The van der Waals surface area contributed by atoms with Crippen LogP contribution in [-0.4, -0.2) is 37.1 Å². The molecule has 2 heterocycles. The first kappa shape index (κ1) is 9.97.